The molecular formula is C21H30N2O3. The summed E-state index contributed by atoms with van der Waals surface area (Å²) in [6.07, 6.45) is 3.98. The zero-order valence-corrected chi connectivity index (χ0v) is 15.9. The van der Waals surface area contributed by atoms with Crippen LogP contribution in [0.1, 0.15) is 48.5 Å². The molecule has 0 N–H and O–H groups in total. The number of nitrogens with zero attached hydrogens (tertiary/aromatic N) is 2. The maximum atomic E-state index is 12.7. The van der Waals surface area contributed by atoms with Gasteiger partial charge in [0.1, 0.15) is 0 Å². The lowest BCUT2D eigenvalue weighted by Crippen LogP contribution is -2.40. The Morgan fingerprint density at radius 2 is 1.77 bits per heavy atom. The highest BCUT2D eigenvalue weighted by Gasteiger charge is 2.28. The van der Waals surface area contributed by atoms with Gasteiger partial charge in [0, 0.05) is 31.7 Å². The summed E-state index contributed by atoms with van der Waals surface area (Å²) in [7, 11) is 1.42. The van der Waals surface area contributed by atoms with Crippen molar-refractivity contribution in [1.82, 2.24) is 9.80 Å². The summed E-state index contributed by atoms with van der Waals surface area (Å²) >= 11 is 0. The Bertz CT molecular complexity index is 621. The van der Waals surface area contributed by atoms with E-state index < -0.39 is 0 Å². The number of likely N-dealkylation sites (tertiary alicyclic amines) is 2. The molecule has 5 nitrogen and oxygen atoms in total. The Morgan fingerprint density at radius 3 is 2.38 bits per heavy atom. The molecule has 2 aliphatic rings. The van der Waals surface area contributed by atoms with Crippen LogP contribution in [0.2, 0.25) is 0 Å². The van der Waals surface area contributed by atoms with Gasteiger partial charge >= 0.3 is 5.97 Å². The summed E-state index contributed by atoms with van der Waals surface area (Å²) in [5.41, 5.74) is 2.00. The number of piperidine rings is 2. The summed E-state index contributed by atoms with van der Waals surface area (Å²) in [6, 6.07) is 8.04. The third-order valence-electron chi connectivity index (χ3n) is 5.66. The van der Waals surface area contributed by atoms with Crippen LogP contribution in [0.3, 0.4) is 0 Å². The third-order valence-corrected chi connectivity index (χ3v) is 5.66. The van der Waals surface area contributed by atoms with E-state index in [1.54, 1.807) is 0 Å². The highest BCUT2D eigenvalue weighted by Crippen LogP contribution is 2.21. The van der Waals surface area contributed by atoms with Crippen molar-refractivity contribution in [2.24, 2.45) is 11.8 Å². The molecule has 1 atom stereocenters. The van der Waals surface area contributed by atoms with E-state index >= 15 is 0 Å². The molecule has 142 valence electrons. The van der Waals surface area contributed by atoms with Crippen molar-refractivity contribution in [3.05, 3.63) is 35.4 Å². The summed E-state index contributed by atoms with van der Waals surface area (Å²) in [5.74, 6) is 0.607. The molecule has 0 bridgehead atoms. The summed E-state index contributed by atoms with van der Waals surface area (Å²) in [4.78, 5) is 28.6. The van der Waals surface area contributed by atoms with Gasteiger partial charge in [0.05, 0.1) is 13.0 Å². The molecule has 1 amide bonds. The molecule has 0 saturated carbocycles. The minimum atomic E-state index is -0.159. The Hall–Kier alpha value is -1.88. The first kappa shape index (κ1) is 18.9. The van der Waals surface area contributed by atoms with Crippen LogP contribution in [0.25, 0.3) is 0 Å². The number of hydrogen-bond donors (Lipinski definition) is 0. The SMILES string of the molecule is COC(=O)C1CCN(C(=O)c2ccc(CN3CCC[C@@H](C)C3)cc2)CC1. The Kier molecular flexibility index (Phi) is 6.30. The summed E-state index contributed by atoms with van der Waals surface area (Å²) in [6.45, 7) is 6.84. The fourth-order valence-electron chi connectivity index (χ4n) is 4.11. The van der Waals surface area contributed by atoms with Gasteiger partial charge in [0.2, 0.25) is 0 Å². The van der Waals surface area contributed by atoms with E-state index in [2.05, 4.69) is 24.0 Å². The number of carbonyl (C=O) groups is 2. The van der Waals surface area contributed by atoms with Crippen LogP contribution < -0.4 is 0 Å². The molecule has 1 aromatic rings. The zero-order valence-electron chi connectivity index (χ0n) is 15.9. The van der Waals surface area contributed by atoms with Crippen LogP contribution in [0.15, 0.2) is 24.3 Å². The van der Waals surface area contributed by atoms with Crippen LogP contribution in [0, 0.1) is 11.8 Å². The lowest BCUT2D eigenvalue weighted by molar-refractivity contribution is -0.146. The van der Waals surface area contributed by atoms with Crippen molar-refractivity contribution in [3.63, 3.8) is 0 Å². The van der Waals surface area contributed by atoms with Gasteiger partial charge < -0.3 is 9.64 Å². The molecule has 2 heterocycles. The van der Waals surface area contributed by atoms with Crippen LogP contribution in [0.5, 0.6) is 0 Å². The summed E-state index contributed by atoms with van der Waals surface area (Å²) in [5, 5.41) is 0. The maximum Gasteiger partial charge on any atom is 0.308 e. The van der Waals surface area contributed by atoms with Crippen molar-refractivity contribution < 1.29 is 14.3 Å². The van der Waals surface area contributed by atoms with Crippen molar-refractivity contribution in [2.75, 3.05) is 33.3 Å². The van der Waals surface area contributed by atoms with E-state index in [0.717, 1.165) is 24.6 Å². The molecule has 0 spiro atoms. The van der Waals surface area contributed by atoms with E-state index in [1.807, 2.05) is 17.0 Å². The van der Waals surface area contributed by atoms with Crippen LogP contribution in [-0.4, -0.2) is 55.0 Å². The van der Waals surface area contributed by atoms with Crippen LogP contribution in [0.4, 0.5) is 0 Å². The second-order valence-electron chi connectivity index (χ2n) is 7.77. The molecule has 1 aromatic carbocycles. The van der Waals surface area contributed by atoms with E-state index in [4.69, 9.17) is 4.74 Å². The highest BCUT2D eigenvalue weighted by molar-refractivity contribution is 5.94. The number of hydrogen-bond acceptors (Lipinski definition) is 4. The molecule has 2 aliphatic heterocycles. The highest BCUT2D eigenvalue weighted by atomic mass is 16.5. The molecule has 0 aliphatic carbocycles. The smallest absolute Gasteiger partial charge is 0.308 e. The second-order valence-corrected chi connectivity index (χ2v) is 7.77. The average Bonchev–Trinajstić information content (AvgIpc) is 2.67. The lowest BCUT2D eigenvalue weighted by Gasteiger charge is -2.31. The van der Waals surface area contributed by atoms with Crippen molar-refractivity contribution in [1.29, 1.82) is 0 Å². The quantitative estimate of drug-likeness (QED) is 0.777. The van der Waals surface area contributed by atoms with Crippen LogP contribution >= 0.6 is 0 Å². The predicted octanol–water partition coefficient (Wildman–Crippen LogP) is 2.94. The minimum absolute atomic E-state index is 0.0615. The average molecular weight is 358 g/mol. The molecular weight excluding hydrogens is 328 g/mol. The monoisotopic (exact) mass is 358 g/mol. The zero-order chi connectivity index (χ0) is 18.5. The Labute approximate surface area is 156 Å². The van der Waals surface area contributed by atoms with Crippen LogP contribution in [-0.2, 0) is 16.1 Å². The summed E-state index contributed by atoms with van der Waals surface area (Å²) < 4.78 is 4.81. The normalized spacial score (nSPS) is 22.2. The van der Waals surface area contributed by atoms with E-state index in [1.165, 1.54) is 32.1 Å². The largest absolute Gasteiger partial charge is 0.469 e. The maximum absolute atomic E-state index is 12.7. The third kappa shape index (κ3) is 4.64. The van der Waals surface area contributed by atoms with Gasteiger partial charge in [-0.25, -0.2) is 0 Å². The molecule has 26 heavy (non-hydrogen) atoms. The first-order chi connectivity index (χ1) is 12.6. The van der Waals surface area contributed by atoms with Crippen molar-refractivity contribution in [2.45, 2.75) is 39.2 Å². The van der Waals surface area contributed by atoms with Crippen molar-refractivity contribution in [3.8, 4) is 0 Å². The van der Waals surface area contributed by atoms with Gasteiger partial charge in [-0.1, -0.05) is 19.1 Å². The number of benzene rings is 1. The fourth-order valence-corrected chi connectivity index (χ4v) is 4.11. The lowest BCUT2D eigenvalue weighted by atomic mass is 9.96. The molecule has 0 unspecified atom stereocenters. The number of amides is 1. The standard InChI is InChI=1S/C21H30N2O3/c1-16-4-3-11-22(14-16)15-17-5-7-18(8-6-17)20(24)23-12-9-19(10-13-23)21(25)26-2/h5-8,16,19H,3-4,9-15H2,1-2H3/t16-/m1/s1. The molecule has 2 fully saturated rings. The van der Waals surface area contributed by atoms with Crippen molar-refractivity contribution >= 4 is 11.9 Å². The minimum Gasteiger partial charge on any atom is -0.469 e. The number of carbonyl (C=O) groups excluding carboxylic acids is 2. The second kappa shape index (κ2) is 8.67. The number of ether oxygens (including phenoxy) is 1. The van der Waals surface area contributed by atoms with Gasteiger partial charge in [-0.2, -0.15) is 0 Å². The number of rotatable bonds is 4. The van der Waals surface area contributed by atoms with E-state index in [0.29, 0.717) is 25.9 Å². The molecule has 2 saturated heterocycles. The topological polar surface area (TPSA) is 49.9 Å². The predicted molar refractivity (Wildman–Crippen MR) is 101 cm³/mol. The van der Waals surface area contributed by atoms with Gasteiger partial charge in [-0.3, -0.25) is 14.5 Å². The molecule has 5 heteroatoms. The first-order valence-electron chi connectivity index (χ1n) is 9.75. The number of methoxy groups -OCH3 is 1. The Balaban J connectivity index is 1.53. The van der Waals surface area contributed by atoms with Gasteiger partial charge in [0.25, 0.3) is 5.91 Å². The van der Waals surface area contributed by atoms with Gasteiger partial charge in [-0.05, 0) is 55.8 Å². The van der Waals surface area contributed by atoms with Gasteiger partial charge in [-0.15, -0.1) is 0 Å². The first-order valence-corrected chi connectivity index (χ1v) is 9.75. The van der Waals surface area contributed by atoms with E-state index in [-0.39, 0.29) is 17.8 Å². The van der Waals surface area contributed by atoms with E-state index in [9.17, 15) is 9.59 Å². The fraction of sp³-hybridized carbons (Fsp3) is 0.619. The molecule has 0 aromatic heterocycles. The number of esters is 1. The van der Waals surface area contributed by atoms with Gasteiger partial charge in [0.15, 0.2) is 0 Å². The molecule has 0 radical (unpaired) electrons. The molecule has 3 rings (SSSR count). The Morgan fingerprint density at radius 1 is 1.08 bits per heavy atom.